The Morgan fingerprint density at radius 1 is 1.09 bits per heavy atom. The maximum absolute atomic E-state index is 12.1. The second-order valence-corrected chi connectivity index (χ2v) is 6.35. The quantitative estimate of drug-likeness (QED) is 0.843. The predicted octanol–water partition coefficient (Wildman–Crippen LogP) is 0.510. The van der Waals surface area contributed by atoms with E-state index in [4.69, 9.17) is 0 Å². The van der Waals surface area contributed by atoms with Crippen LogP contribution in [0.25, 0.3) is 0 Å². The molecule has 23 heavy (non-hydrogen) atoms. The van der Waals surface area contributed by atoms with Gasteiger partial charge in [-0.2, -0.15) is 0 Å². The van der Waals surface area contributed by atoms with E-state index in [1.165, 1.54) is 18.3 Å². The van der Waals surface area contributed by atoms with Gasteiger partial charge >= 0.3 is 0 Å². The Kier molecular flexibility index (Phi) is 6.03. The van der Waals surface area contributed by atoms with E-state index >= 15 is 0 Å². The molecule has 1 saturated heterocycles. The topological polar surface area (TPSA) is 95.5 Å². The van der Waals surface area contributed by atoms with Crippen LogP contribution in [0.15, 0.2) is 0 Å². The fourth-order valence-electron chi connectivity index (χ4n) is 2.28. The van der Waals surface area contributed by atoms with Crippen LogP contribution < -0.4 is 5.32 Å². The monoisotopic (exact) mass is 339 g/mol. The number of nitrogens with one attached hydrogen (secondary N) is 1. The second-order valence-electron chi connectivity index (χ2n) is 5.29. The van der Waals surface area contributed by atoms with Gasteiger partial charge in [-0.25, -0.2) is 0 Å². The fourth-order valence-corrected chi connectivity index (χ4v) is 2.97. The summed E-state index contributed by atoms with van der Waals surface area (Å²) in [7, 11) is 0. The minimum Gasteiger partial charge on any atom is -0.339 e. The lowest BCUT2D eigenvalue weighted by molar-refractivity contribution is -0.138. The van der Waals surface area contributed by atoms with E-state index in [0.717, 1.165) is 11.4 Å². The van der Waals surface area contributed by atoms with Crippen LogP contribution in [0.2, 0.25) is 0 Å². The minimum atomic E-state index is -0.237. The van der Waals surface area contributed by atoms with Crippen molar-refractivity contribution in [2.24, 2.45) is 0 Å². The molecule has 0 saturated carbocycles. The Balaban J connectivity index is 1.71. The van der Waals surface area contributed by atoms with Crippen LogP contribution in [0.3, 0.4) is 0 Å². The van der Waals surface area contributed by atoms with Crippen molar-refractivity contribution in [1.82, 2.24) is 20.0 Å². The van der Waals surface area contributed by atoms with Gasteiger partial charge in [0.15, 0.2) is 0 Å². The van der Waals surface area contributed by atoms with E-state index < -0.39 is 0 Å². The number of piperazine rings is 1. The molecule has 1 N–H and O–H groups in total. The number of anilines is 1. The SMILES string of the molecule is CCc1nnc(NC(=O)CCC(=O)N2CCN(C(C)=O)CC2)s1. The van der Waals surface area contributed by atoms with Gasteiger partial charge in [0.1, 0.15) is 5.01 Å². The number of rotatable bonds is 5. The van der Waals surface area contributed by atoms with Gasteiger partial charge in [-0.15, -0.1) is 10.2 Å². The fraction of sp³-hybridized carbons (Fsp3) is 0.643. The third-order valence-electron chi connectivity index (χ3n) is 3.66. The molecular weight excluding hydrogens is 318 g/mol. The predicted molar refractivity (Wildman–Crippen MR) is 86.0 cm³/mol. The zero-order chi connectivity index (χ0) is 16.8. The summed E-state index contributed by atoms with van der Waals surface area (Å²) in [5.41, 5.74) is 0. The van der Waals surface area contributed by atoms with Crippen molar-refractivity contribution in [3.63, 3.8) is 0 Å². The summed E-state index contributed by atoms with van der Waals surface area (Å²) in [6.07, 6.45) is 1.05. The molecule has 1 aromatic rings. The van der Waals surface area contributed by atoms with E-state index in [9.17, 15) is 14.4 Å². The van der Waals surface area contributed by atoms with E-state index in [-0.39, 0.29) is 30.6 Å². The summed E-state index contributed by atoms with van der Waals surface area (Å²) in [6.45, 7) is 5.65. The zero-order valence-corrected chi connectivity index (χ0v) is 14.2. The lowest BCUT2D eigenvalue weighted by Gasteiger charge is -2.34. The maximum atomic E-state index is 12.1. The van der Waals surface area contributed by atoms with E-state index in [1.807, 2.05) is 6.92 Å². The number of carbonyl (C=O) groups excluding carboxylic acids is 3. The number of hydrogen-bond acceptors (Lipinski definition) is 6. The second kappa shape index (κ2) is 8.00. The number of amides is 3. The lowest BCUT2D eigenvalue weighted by atomic mass is 10.2. The van der Waals surface area contributed by atoms with E-state index in [2.05, 4.69) is 15.5 Å². The largest absolute Gasteiger partial charge is 0.339 e. The van der Waals surface area contributed by atoms with Gasteiger partial charge < -0.3 is 15.1 Å². The summed E-state index contributed by atoms with van der Waals surface area (Å²) in [4.78, 5) is 38.6. The van der Waals surface area contributed by atoms with Gasteiger partial charge in [-0.1, -0.05) is 18.3 Å². The number of carbonyl (C=O) groups is 3. The van der Waals surface area contributed by atoms with Crippen molar-refractivity contribution in [1.29, 1.82) is 0 Å². The number of aryl methyl sites for hydroxylation is 1. The first kappa shape index (κ1) is 17.3. The van der Waals surface area contributed by atoms with Crippen LogP contribution in [0.5, 0.6) is 0 Å². The minimum absolute atomic E-state index is 0.0278. The van der Waals surface area contributed by atoms with Gasteiger partial charge in [0.05, 0.1) is 0 Å². The Labute approximate surface area is 138 Å². The maximum Gasteiger partial charge on any atom is 0.226 e. The van der Waals surface area contributed by atoms with Crippen molar-refractivity contribution in [3.05, 3.63) is 5.01 Å². The average Bonchev–Trinajstić information content (AvgIpc) is 3.00. The molecule has 0 unspecified atom stereocenters. The van der Waals surface area contributed by atoms with Crippen molar-refractivity contribution in [3.8, 4) is 0 Å². The summed E-state index contributed by atoms with van der Waals surface area (Å²) in [6, 6.07) is 0. The van der Waals surface area contributed by atoms with Crippen molar-refractivity contribution in [2.75, 3.05) is 31.5 Å². The molecule has 1 aliphatic heterocycles. The van der Waals surface area contributed by atoms with Crippen molar-refractivity contribution >= 4 is 34.2 Å². The standard InChI is InChI=1S/C14H21N5O3S/c1-3-12-16-17-14(23-12)15-11(21)4-5-13(22)19-8-6-18(7-9-19)10(2)20/h3-9H2,1-2H3,(H,15,17,21). The number of aromatic nitrogens is 2. The molecule has 0 aliphatic carbocycles. The highest BCUT2D eigenvalue weighted by Gasteiger charge is 2.22. The number of nitrogens with zero attached hydrogens (tertiary/aromatic N) is 4. The Hall–Kier alpha value is -2.03. The van der Waals surface area contributed by atoms with Gasteiger partial charge in [-0.05, 0) is 6.42 Å². The van der Waals surface area contributed by atoms with E-state index in [0.29, 0.717) is 31.3 Å². The first-order valence-corrected chi connectivity index (χ1v) is 8.46. The smallest absolute Gasteiger partial charge is 0.226 e. The Morgan fingerprint density at radius 3 is 2.30 bits per heavy atom. The molecule has 0 radical (unpaired) electrons. The highest BCUT2D eigenvalue weighted by Crippen LogP contribution is 2.15. The highest BCUT2D eigenvalue weighted by atomic mass is 32.1. The normalized spacial score (nSPS) is 14.7. The summed E-state index contributed by atoms with van der Waals surface area (Å²) < 4.78 is 0. The van der Waals surface area contributed by atoms with E-state index in [1.54, 1.807) is 9.80 Å². The molecule has 0 spiro atoms. The molecule has 0 bridgehead atoms. The van der Waals surface area contributed by atoms with Crippen LogP contribution in [-0.4, -0.2) is 63.9 Å². The molecule has 0 aromatic carbocycles. The average molecular weight is 339 g/mol. The molecular formula is C14H21N5O3S. The molecule has 1 aromatic heterocycles. The molecule has 3 amide bonds. The molecule has 2 heterocycles. The van der Waals surface area contributed by atoms with Crippen LogP contribution in [0.1, 0.15) is 31.7 Å². The summed E-state index contributed by atoms with van der Waals surface area (Å²) in [5.74, 6) is -0.269. The van der Waals surface area contributed by atoms with Crippen molar-refractivity contribution < 1.29 is 14.4 Å². The number of hydrogen-bond donors (Lipinski definition) is 1. The zero-order valence-electron chi connectivity index (χ0n) is 13.4. The molecule has 2 rings (SSSR count). The third kappa shape index (κ3) is 4.98. The van der Waals surface area contributed by atoms with Crippen LogP contribution in [0.4, 0.5) is 5.13 Å². The van der Waals surface area contributed by atoms with Gasteiger partial charge in [-0.3, -0.25) is 14.4 Å². The van der Waals surface area contributed by atoms with Gasteiger partial charge in [0.2, 0.25) is 22.9 Å². The lowest BCUT2D eigenvalue weighted by Crippen LogP contribution is -2.50. The van der Waals surface area contributed by atoms with Crippen LogP contribution in [-0.2, 0) is 20.8 Å². The Bertz CT molecular complexity index is 581. The van der Waals surface area contributed by atoms with Crippen molar-refractivity contribution in [2.45, 2.75) is 33.1 Å². The van der Waals surface area contributed by atoms with Crippen LogP contribution >= 0.6 is 11.3 Å². The summed E-state index contributed by atoms with van der Waals surface area (Å²) in [5, 5.41) is 11.8. The van der Waals surface area contributed by atoms with Crippen LogP contribution in [0, 0.1) is 0 Å². The molecule has 126 valence electrons. The summed E-state index contributed by atoms with van der Waals surface area (Å²) >= 11 is 1.34. The first-order valence-electron chi connectivity index (χ1n) is 7.65. The molecule has 8 nitrogen and oxygen atoms in total. The molecule has 1 fully saturated rings. The van der Waals surface area contributed by atoms with Gasteiger partial charge in [0.25, 0.3) is 0 Å². The van der Waals surface area contributed by atoms with Gasteiger partial charge in [0, 0.05) is 45.9 Å². The highest BCUT2D eigenvalue weighted by molar-refractivity contribution is 7.15. The molecule has 0 atom stereocenters. The Morgan fingerprint density at radius 2 is 1.74 bits per heavy atom. The third-order valence-corrected chi connectivity index (χ3v) is 4.64. The first-order chi connectivity index (χ1) is 11.0. The molecule has 1 aliphatic rings. The molecule has 9 heteroatoms.